The molecule has 118 valence electrons. The molecule has 0 radical (unpaired) electrons. The summed E-state index contributed by atoms with van der Waals surface area (Å²) in [4.78, 5) is 28.2. The Kier molecular flexibility index (Phi) is 4.55. The van der Waals surface area contributed by atoms with Crippen LogP contribution in [0.4, 0.5) is 0 Å². The van der Waals surface area contributed by atoms with Gasteiger partial charge in [0.2, 0.25) is 0 Å². The van der Waals surface area contributed by atoms with Crippen molar-refractivity contribution >= 4 is 11.8 Å². The van der Waals surface area contributed by atoms with Crippen LogP contribution < -0.4 is 5.32 Å². The number of nitrogens with one attached hydrogen (secondary N) is 1. The zero-order valence-electron chi connectivity index (χ0n) is 13.0. The lowest BCUT2D eigenvalue weighted by Gasteiger charge is -2.28. The number of carbonyl (C=O) groups is 2. The Morgan fingerprint density at radius 1 is 1.23 bits per heavy atom. The lowest BCUT2D eigenvalue weighted by Crippen LogP contribution is -2.41. The fourth-order valence-corrected chi connectivity index (χ4v) is 3.32. The number of rotatable bonds is 5. The maximum absolute atomic E-state index is 12.3. The van der Waals surface area contributed by atoms with E-state index < -0.39 is 0 Å². The lowest BCUT2D eigenvalue weighted by atomic mass is 9.99. The SMILES string of the molecule is CN(CCN1C(=O)c2ccccc2C1=O)CC1CCCNC1. The van der Waals surface area contributed by atoms with Gasteiger partial charge in [-0.2, -0.15) is 0 Å². The Bertz CT molecular complexity index is 532. The molecular weight excluding hydrogens is 278 g/mol. The average molecular weight is 301 g/mol. The third-order valence-electron chi connectivity index (χ3n) is 4.55. The fourth-order valence-electron chi connectivity index (χ4n) is 3.32. The van der Waals surface area contributed by atoms with Gasteiger partial charge in [-0.25, -0.2) is 0 Å². The molecular formula is C17H23N3O2. The molecule has 2 heterocycles. The van der Waals surface area contributed by atoms with E-state index in [4.69, 9.17) is 0 Å². The topological polar surface area (TPSA) is 52.7 Å². The van der Waals surface area contributed by atoms with Gasteiger partial charge in [-0.3, -0.25) is 14.5 Å². The minimum Gasteiger partial charge on any atom is -0.316 e. The number of piperidine rings is 1. The van der Waals surface area contributed by atoms with Crippen molar-refractivity contribution in [1.82, 2.24) is 15.1 Å². The zero-order chi connectivity index (χ0) is 15.5. The summed E-state index contributed by atoms with van der Waals surface area (Å²) in [5, 5.41) is 3.42. The molecule has 1 aromatic carbocycles. The van der Waals surface area contributed by atoms with E-state index in [0.29, 0.717) is 23.6 Å². The summed E-state index contributed by atoms with van der Waals surface area (Å²) >= 11 is 0. The first kappa shape index (κ1) is 15.2. The molecule has 0 saturated carbocycles. The maximum atomic E-state index is 12.3. The summed E-state index contributed by atoms with van der Waals surface area (Å²) in [6.07, 6.45) is 2.49. The van der Waals surface area contributed by atoms with Crippen LogP contribution >= 0.6 is 0 Å². The Labute approximate surface area is 131 Å². The predicted molar refractivity (Wildman–Crippen MR) is 84.9 cm³/mol. The van der Waals surface area contributed by atoms with Crippen molar-refractivity contribution in [3.05, 3.63) is 35.4 Å². The van der Waals surface area contributed by atoms with E-state index in [1.54, 1.807) is 24.3 Å². The van der Waals surface area contributed by atoms with Crippen molar-refractivity contribution in [2.24, 2.45) is 5.92 Å². The minimum absolute atomic E-state index is 0.159. The van der Waals surface area contributed by atoms with Gasteiger partial charge >= 0.3 is 0 Å². The highest BCUT2D eigenvalue weighted by molar-refractivity contribution is 6.21. The normalized spacial score (nSPS) is 21.5. The molecule has 3 rings (SSSR count). The van der Waals surface area contributed by atoms with E-state index in [2.05, 4.69) is 17.3 Å². The third kappa shape index (κ3) is 3.05. The highest BCUT2D eigenvalue weighted by Crippen LogP contribution is 2.22. The summed E-state index contributed by atoms with van der Waals surface area (Å²) in [6.45, 7) is 4.38. The second kappa shape index (κ2) is 6.58. The summed E-state index contributed by atoms with van der Waals surface area (Å²) in [6, 6.07) is 7.06. The Morgan fingerprint density at radius 3 is 2.50 bits per heavy atom. The Balaban J connectivity index is 1.54. The molecule has 2 aliphatic heterocycles. The van der Waals surface area contributed by atoms with Crippen molar-refractivity contribution in [3.63, 3.8) is 0 Å². The number of nitrogens with zero attached hydrogens (tertiary/aromatic N) is 2. The van der Waals surface area contributed by atoms with Crippen LogP contribution in [0.15, 0.2) is 24.3 Å². The molecule has 1 N–H and O–H groups in total. The van der Waals surface area contributed by atoms with Crippen LogP contribution in [-0.4, -0.2) is 61.4 Å². The van der Waals surface area contributed by atoms with E-state index in [0.717, 1.165) is 26.2 Å². The van der Waals surface area contributed by atoms with Crippen LogP contribution in [0.2, 0.25) is 0 Å². The second-order valence-corrected chi connectivity index (χ2v) is 6.28. The number of fused-ring (bicyclic) bond motifs is 1. The van der Waals surface area contributed by atoms with Crippen LogP contribution in [0.25, 0.3) is 0 Å². The zero-order valence-corrected chi connectivity index (χ0v) is 13.0. The summed E-state index contributed by atoms with van der Waals surface area (Å²) in [7, 11) is 2.06. The molecule has 2 aliphatic rings. The fraction of sp³-hybridized carbons (Fsp3) is 0.529. The highest BCUT2D eigenvalue weighted by atomic mass is 16.2. The number of likely N-dealkylation sites (N-methyl/N-ethyl adjacent to an activating group) is 1. The van der Waals surface area contributed by atoms with Crippen LogP contribution in [0.1, 0.15) is 33.6 Å². The van der Waals surface area contributed by atoms with Crippen LogP contribution in [0.3, 0.4) is 0 Å². The average Bonchev–Trinajstić information content (AvgIpc) is 2.78. The van der Waals surface area contributed by atoms with E-state index in [9.17, 15) is 9.59 Å². The third-order valence-corrected chi connectivity index (χ3v) is 4.55. The van der Waals surface area contributed by atoms with E-state index >= 15 is 0 Å². The molecule has 0 aliphatic carbocycles. The van der Waals surface area contributed by atoms with E-state index in [1.165, 1.54) is 17.7 Å². The molecule has 1 unspecified atom stereocenters. The number of hydrogen-bond donors (Lipinski definition) is 1. The molecule has 22 heavy (non-hydrogen) atoms. The minimum atomic E-state index is -0.159. The maximum Gasteiger partial charge on any atom is 0.261 e. The quantitative estimate of drug-likeness (QED) is 0.831. The smallest absolute Gasteiger partial charge is 0.261 e. The molecule has 1 aromatic rings. The first-order valence-electron chi connectivity index (χ1n) is 8.01. The van der Waals surface area contributed by atoms with Crippen molar-refractivity contribution in [2.75, 3.05) is 39.8 Å². The van der Waals surface area contributed by atoms with E-state index in [-0.39, 0.29) is 11.8 Å². The molecule has 1 saturated heterocycles. The molecule has 0 spiro atoms. The van der Waals surface area contributed by atoms with Gasteiger partial charge in [-0.1, -0.05) is 12.1 Å². The number of amides is 2. The molecule has 5 heteroatoms. The van der Waals surface area contributed by atoms with Gasteiger partial charge in [0.25, 0.3) is 11.8 Å². The first-order chi connectivity index (χ1) is 10.7. The molecule has 2 amide bonds. The van der Waals surface area contributed by atoms with Gasteiger partial charge in [-0.15, -0.1) is 0 Å². The lowest BCUT2D eigenvalue weighted by molar-refractivity contribution is 0.0638. The predicted octanol–water partition coefficient (Wildman–Crippen LogP) is 1.21. The number of carbonyl (C=O) groups excluding carboxylic acids is 2. The van der Waals surface area contributed by atoms with Gasteiger partial charge < -0.3 is 10.2 Å². The van der Waals surface area contributed by atoms with Crippen molar-refractivity contribution < 1.29 is 9.59 Å². The van der Waals surface area contributed by atoms with Crippen molar-refractivity contribution in [1.29, 1.82) is 0 Å². The Hall–Kier alpha value is -1.72. The molecule has 1 atom stereocenters. The van der Waals surface area contributed by atoms with Crippen LogP contribution in [0, 0.1) is 5.92 Å². The standard InChI is InChI=1S/C17H23N3O2/c1-19(12-13-5-4-8-18-11-13)9-10-20-16(21)14-6-2-3-7-15(14)17(20)22/h2-3,6-7,13,18H,4-5,8-12H2,1H3. The molecule has 0 aromatic heterocycles. The second-order valence-electron chi connectivity index (χ2n) is 6.28. The highest BCUT2D eigenvalue weighted by Gasteiger charge is 2.34. The summed E-state index contributed by atoms with van der Waals surface area (Å²) in [5.74, 6) is 0.350. The first-order valence-corrected chi connectivity index (χ1v) is 8.01. The van der Waals surface area contributed by atoms with Gasteiger partial charge in [0.05, 0.1) is 11.1 Å². The molecule has 0 bridgehead atoms. The summed E-state index contributed by atoms with van der Waals surface area (Å²) < 4.78 is 0. The van der Waals surface area contributed by atoms with Gasteiger partial charge in [0.1, 0.15) is 0 Å². The van der Waals surface area contributed by atoms with E-state index in [1.807, 2.05) is 0 Å². The number of benzene rings is 1. The van der Waals surface area contributed by atoms with Gasteiger partial charge in [-0.05, 0) is 51.0 Å². The van der Waals surface area contributed by atoms with Crippen LogP contribution in [-0.2, 0) is 0 Å². The number of imide groups is 1. The molecule has 1 fully saturated rings. The van der Waals surface area contributed by atoms with Gasteiger partial charge in [0.15, 0.2) is 0 Å². The Morgan fingerprint density at radius 2 is 1.91 bits per heavy atom. The summed E-state index contributed by atoms with van der Waals surface area (Å²) in [5.41, 5.74) is 1.07. The largest absolute Gasteiger partial charge is 0.316 e. The van der Waals surface area contributed by atoms with Crippen molar-refractivity contribution in [2.45, 2.75) is 12.8 Å². The monoisotopic (exact) mass is 301 g/mol. The van der Waals surface area contributed by atoms with Crippen molar-refractivity contribution in [3.8, 4) is 0 Å². The number of hydrogen-bond acceptors (Lipinski definition) is 4. The van der Waals surface area contributed by atoms with Crippen LogP contribution in [0.5, 0.6) is 0 Å². The van der Waals surface area contributed by atoms with Gasteiger partial charge in [0, 0.05) is 19.6 Å². The molecule has 5 nitrogen and oxygen atoms in total.